The minimum Gasteiger partial charge on any atom is -0.508 e. The number of amides is 3. The number of benzene rings is 2. The summed E-state index contributed by atoms with van der Waals surface area (Å²) in [5, 5.41) is 13.6. The van der Waals surface area contributed by atoms with Crippen LogP contribution in [0, 0.1) is 0 Å². The highest BCUT2D eigenvalue weighted by Gasteiger charge is 2.51. The summed E-state index contributed by atoms with van der Waals surface area (Å²) >= 11 is 1.67. The van der Waals surface area contributed by atoms with Crippen LogP contribution < -0.4 is 0 Å². The van der Waals surface area contributed by atoms with Crippen LogP contribution in [0.5, 0.6) is 5.75 Å². The summed E-state index contributed by atoms with van der Waals surface area (Å²) < 4.78 is 0. The van der Waals surface area contributed by atoms with Crippen LogP contribution in [0.4, 0.5) is 0 Å². The summed E-state index contributed by atoms with van der Waals surface area (Å²) in [5.74, 6) is -0.294. The third-order valence-corrected chi connectivity index (χ3v) is 9.05. The Morgan fingerprint density at radius 3 is 2.59 bits per heavy atom. The molecular weight excluding hydrogens is 538 g/mol. The smallest absolute Gasteiger partial charge is 0.246 e. The number of carbonyl (C=O) groups is 3. The lowest BCUT2D eigenvalue weighted by Crippen LogP contribution is -2.76. The third-order valence-electron chi connectivity index (χ3n) is 8.08. The molecule has 0 bridgehead atoms. The summed E-state index contributed by atoms with van der Waals surface area (Å²) in [4.78, 5) is 49.6. The van der Waals surface area contributed by atoms with Crippen LogP contribution in [0.25, 0.3) is 0 Å². The van der Waals surface area contributed by atoms with E-state index in [0.29, 0.717) is 13.1 Å². The van der Waals surface area contributed by atoms with E-state index in [9.17, 15) is 19.5 Å². The Bertz CT molecular complexity index is 1410. The summed E-state index contributed by atoms with van der Waals surface area (Å²) in [6, 6.07) is 15.7. The van der Waals surface area contributed by atoms with Gasteiger partial charge in [-0.1, -0.05) is 67.6 Å². The molecule has 212 valence electrons. The highest BCUT2D eigenvalue weighted by molar-refractivity contribution is 8.13. The fourth-order valence-corrected chi connectivity index (χ4v) is 7.00. The van der Waals surface area contributed by atoms with Gasteiger partial charge < -0.3 is 14.9 Å². The first kappa shape index (κ1) is 27.3. The van der Waals surface area contributed by atoms with Crippen LogP contribution in [0.1, 0.15) is 24.5 Å². The normalized spacial score (nSPS) is 25.8. The molecule has 41 heavy (non-hydrogen) atoms. The maximum Gasteiger partial charge on any atom is 0.246 e. The van der Waals surface area contributed by atoms with Crippen LogP contribution in [-0.2, 0) is 27.3 Å². The van der Waals surface area contributed by atoms with E-state index in [0.717, 1.165) is 16.7 Å². The molecule has 4 aliphatic rings. The quantitative estimate of drug-likeness (QED) is 0.549. The molecule has 6 rings (SSSR count). The van der Waals surface area contributed by atoms with Crippen molar-refractivity contribution in [2.24, 2.45) is 4.99 Å². The molecule has 4 atom stereocenters. The number of phenolic OH excluding ortho intramolecular Hbond substituents is 1. The van der Waals surface area contributed by atoms with Gasteiger partial charge in [0.2, 0.25) is 17.7 Å². The van der Waals surface area contributed by atoms with Crippen molar-refractivity contribution < 1.29 is 19.5 Å². The standard InChI is InChI=1S/C31H33N5O4S/c1-2-28(38)36-27-18-33(17-23-9-6-10-26-30(23)32-20-41-26)31(40)25(15-21-11-13-24(37)14-12-21)35(27)29(39)19-34(36)16-22-7-4-3-5-8-22/h3-14,20,25-27,30,37H,2,15-19H2,1H3. The molecule has 2 fully saturated rings. The number of hydrogen-bond donors (Lipinski definition) is 1. The van der Waals surface area contributed by atoms with E-state index >= 15 is 0 Å². The average molecular weight is 572 g/mol. The molecule has 0 spiro atoms. The molecular formula is C31H33N5O4S. The van der Waals surface area contributed by atoms with E-state index in [4.69, 9.17) is 0 Å². The van der Waals surface area contributed by atoms with Gasteiger partial charge >= 0.3 is 0 Å². The molecule has 0 saturated carbocycles. The maximum atomic E-state index is 14.2. The Hall–Kier alpha value is -3.89. The molecule has 2 aromatic carbocycles. The first-order chi connectivity index (χ1) is 19.9. The topological polar surface area (TPSA) is 96.8 Å². The fraction of sp³-hybridized carbons (Fsp3) is 0.355. The molecule has 4 unspecified atom stereocenters. The first-order valence-electron chi connectivity index (χ1n) is 14.0. The van der Waals surface area contributed by atoms with Gasteiger partial charge in [0.25, 0.3) is 0 Å². The average Bonchev–Trinajstić information content (AvgIpc) is 3.47. The number of hydrogen-bond acceptors (Lipinski definition) is 7. The second kappa shape index (κ2) is 11.5. The zero-order valence-electron chi connectivity index (χ0n) is 22.9. The van der Waals surface area contributed by atoms with Crippen molar-refractivity contribution in [2.75, 3.05) is 19.6 Å². The van der Waals surface area contributed by atoms with Crippen molar-refractivity contribution in [1.29, 1.82) is 0 Å². The minimum atomic E-state index is -0.784. The van der Waals surface area contributed by atoms with E-state index in [2.05, 4.69) is 11.1 Å². The van der Waals surface area contributed by atoms with Crippen molar-refractivity contribution in [3.05, 3.63) is 89.5 Å². The molecule has 0 radical (unpaired) electrons. The molecule has 1 N–H and O–H groups in total. The van der Waals surface area contributed by atoms with Gasteiger partial charge in [0.05, 0.1) is 29.9 Å². The molecule has 3 aliphatic heterocycles. The molecule has 10 heteroatoms. The van der Waals surface area contributed by atoms with Crippen molar-refractivity contribution in [3.8, 4) is 5.75 Å². The van der Waals surface area contributed by atoms with Crippen LogP contribution in [-0.4, -0.2) is 91.3 Å². The van der Waals surface area contributed by atoms with Crippen molar-refractivity contribution in [2.45, 2.75) is 49.8 Å². The van der Waals surface area contributed by atoms with Gasteiger partial charge in [0.15, 0.2) is 0 Å². The molecule has 3 heterocycles. The second-order valence-corrected chi connectivity index (χ2v) is 11.7. The number of aliphatic imine (C=N–C) groups is 1. The Labute approximate surface area is 243 Å². The SMILES string of the molecule is CCC(=O)N1C2CN(CC3=CC=CC4SC=NC34)C(=O)C(Cc3ccc(O)cc3)N2C(=O)CN1Cc1ccccc1. The fourth-order valence-electron chi connectivity index (χ4n) is 6.09. The number of fused-ring (bicyclic) bond motifs is 2. The lowest BCUT2D eigenvalue weighted by molar-refractivity contribution is -0.207. The van der Waals surface area contributed by atoms with Gasteiger partial charge in [-0.2, -0.15) is 0 Å². The summed E-state index contributed by atoms with van der Waals surface area (Å²) in [6.45, 7) is 2.81. The lowest BCUT2D eigenvalue weighted by Gasteiger charge is -2.55. The number of hydrazine groups is 1. The number of carbonyl (C=O) groups excluding carboxylic acids is 3. The maximum absolute atomic E-state index is 14.2. The number of rotatable bonds is 7. The van der Waals surface area contributed by atoms with E-state index in [-0.39, 0.29) is 60.7 Å². The number of aromatic hydroxyl groups is 1. The molecule has 1 aliphatic carbocycles. The van der Waals surface area contributed by atoms with Gasteiger partial charge in [-0.3, -0.25) is 19.4 Å². The minimum absolute atomic E-state index is 0.00211. The second-order valence-electron chi connectivity index (χ2n) is 10.7. The zero-order valence-corrected chi connectivity index (χ0v) is 23.7. The van der Waals surface area contributed by atoms with Crippen molar-refractivity contribution >= 4 is 35.0 Å². The van der Waals surface area contributed by atoms with Crippen LogP contribution in [0.2, 0.25) is 0 Å². The van der Waals surface area contributed by atoms with Gasteiger partial charge in [0, 0.05) is 25.9 Å². The van der Waals surface area contributed by atoms with Crippen molar-refractivity contribution in [3.63, 3.8) is 0 Å². The van der Waals surface area contributed by atoms with E-state index < -0.39 is 12.2 Å². The van der Waals surface area contributed by atoms with Gasteiger partial charge in [-0.15, -0.1) is 11.8 Å². The number of allylic oxidation sites excluding steroid dienone is 2. The first-order valence-corrected chi connectivity index (χ1v) is 14.9. The highest BCUT2D eigenvalue weighted by Crippen LogP contribution is 2.34. The Kier molecular flexibility index (Phi) is 7.68. The number of nitrogens with zero attached hydrogens (tertiary/aromatic N) is 5. The monoisotopic (exact) mass is 571 g/mol. The molecule has 0 aromatic heterocycles. The summed E-state index contributed by atoms with van der Waals surface area (Å²) in [5.41, 5.74) is 4.73. The molecule has 2 saturated heterocycles. The van der Waals surface area contributed by atoms with Crippen LogP contribution in [0.3, 0.4) is 0 Å². The molecule has 2 aromatic rings. The van der Waals surface area contributed by atoms with E-state index in [1.165, 1.54) is 0 Å². The van der Waals surface area contributed by atoms with E-state index in [1.54, 1.807) is 50.8 Å². The largest absolute Gasteiger partial charge is 0.508 e. The number of piperazine rings is 1. The Morgan fingerprint density at radius 1 is 1.05 bits per heavy atom. The predicted octanol–water partition coefficient (Wildman–Crippen LogP) is 2.98. The van der Waals surface area contributed by atoms with Crippen LogP contribution in [0.15, 0.2) is 83.4 Å². The van der Waals surface area contributed by atoms with Crippen molar-refractivity contribution in [1.82, 2.24) is 19.8 Å². The van der Waals surface area contributed by atoms with E-state index in [1.807, 2.05) is 60.0 Å². The summed E-state index contributed by atoms with van der Waals surface area (Å²) in [7, 11) is 0. The molecule has 3 amide bonds. The number of phenols is 1. The predicted molar refractivity (Wildman–Crippen MR) is 158 cm³/mol. The lowest BCUT2D eigenvalue weighted by atomic mass is 9.95. The number of thioether (sulfide) groups is 1. The zero-order chi connectivity index (χ0) is 28.5. The van der Waals surface area contributed by atoms with Gasteiger partial charge in [-0.05, 0) is 28.8 Å². The highest BCUT2D eigenvalue weighted by atomic mass is 32.2. The molecule has 9 nitrogen and oxygen atoms in total. The van der Waals surface area contributed by atoms with Gasteiger partial charge in [-0.25, -0.2) is 10.0 Å². The summed E-state index contributed by atoms with van der Waals surface area (Å²) in [6.07, 6.45) is 6.09. The van der Waals surface area contributed by atoms with Crippen LogP contribution >= 0.6 is 11.8 Å². The Morgan fingerprint density at radius 2 is 1.83 bits per heavy atom. The van der Waals surface area contributed by atoms with Gasteiger partial charge in [0.1, 0.15) is 18.0 Å². The Balaban J connectivity index is 1.36. The third kappa shape index (κ3) is 5.41.